The highest BCUT2D eigenvalue weighted by Crippen LogP contribution is 2.21. The standard InChI is InChI=1S/C25H36N4O4S/c1-7-22(24(31)26-25(2,3)4)28(18-20-14-10-8-11-15-20)23(30)19-29(34(32,33)27(5)6)21-16-12-9-13-17-21/h8-17,22H,7,18-19H2,1-6H3,(H,26,31)/t22-/m1/s1. The van der Waals surface area contributed by atoms with Crippen molar-refractivity contribution in [3.05, 3.63) is 66.2 Å². The van der Waals surface area contributed by atoms with Crippen LogP contribution in [0.25, 0.3) is 0 Å². The van der Waals surface area contributed by atoms with Crippen LogP contribution < -0.4 is 9.62 Å². The molecule has 2 aromatic rings. The molecule has 9 heteroatoms. The number of para-hydroxylation sites is 1. The minimum atomic E-state index is -3.96. The van der Waals surface area contributed by atoms with Gasteiger partial charge in [-0.3, -0.25) is 9.59 Å². The SMILES string of the molecule is CC[C@H](C(=O)NC(C)(C)C)N(Cc1ccccc1)C(=O)CN(c1ccccc1)S(=O)(=O)N(C)C. The fourth-order valence-corrected chi connectivity index (χ4v) is 4.52. The molecule has 0 bridgehead atoms. The summed E-state index contributed by atoms with van der Waals surface area (Å²) < 4.78 is 28.4. The average Bonchev–Trinajstić information content (AvgIpc) is 2.77. The van der Waals surface area contributed by atoms with Crippen molar-refractivity contribution in [2.75, 3.05) is 24.9 Å². The Kier molecular flexibility index (Phi) is 9.23. The highest BCUT2D eigenvalue weighted by molar-refractivity contribution is 7.90. The molecule has 34 heavy (non-hydrogen) atoms. The zero-order valence-electron chi connectivity index (χ0n) is 20.9. The molecule has 2 rings (SSSR count). The van der Waals surface area contributed by atoms with E-state index in [0.29, 0.717) is 12.1 Å². The second-order valence-electron chi connectivity index (χ2n) is 9.30. The zero-order valence-corrected chi connectivity index (χ0v) is 21.7. The van der Waals surface area contributed by atoms with Crippen LogP contribution in [0.1, 0.15) is 39.7 Å². The molecule has 1 N–H and O–H groups in total. The van der Waals surface area contributed by atoms with E-state index in [9.17, 15) is 18.0 Å². The monoisotopic (exact) mass is 488 g/mol. The van der Waals surface area contributed by atoms with Gasteiger partial charge in [0, 0.05) is 26.2 Å². The van der Waals surface area contributed by atoms with Crippen LogP contribution in [0, 0.1) is 0 Å². The first kappa shape index (κ1) is 27.3. The lowest BCUT2D eigenvalue weighted by Gasteiger charge is -2.35. The summed E-state index contributed by atoms with van der Waals surface area (Å²) in [6.07, 6.45) is 0.381. The van der Waals surface area contributed by atoms with Gasteiger partial charge in [-0.15, -0.1) is 0 Å². The molecule has 0 heterocycles. The molecule has 186 valence electrons. The number of nitrogens with one attached hydrogen (secondary N) is 1. The second-order valence-corrected chi connectivity index (χ2v) is 11.4. The molecular formula is C25H36N4O4S. The van der Waals surface area contributed by atoms with E-state index in [2.05, 4.69) is 5.32 Å². The van der Waals surface area contributed by atoms with Gasteiger partial charge in [-0.05, 0) is 44.9 Å². The Hall–Kier alpha value is -2.91. The second kappa shape index (κ2) is 11.5. The van der Waals surface area contributed by atoms with Gasteiger partial charge in [-0.25, -0.2) is 4.31 Å². The molecule has 2 amide bonds. The van der Waals surface area contributed by atoms with Crippen LogP contribution in [-0.4, -0.2) is 61.7 Å². The van der Waals surface area contributed by atoms with Crippen LogP contribution in [0.3, 0.4) is 0 Å². The summed E-state index contributed by atoms with van der Waals surface area (Å²) in [6.45, 7) is 7.21. The first-order chi connectivity index (χ1) is 15.9. The van der Waals surface area contributed by atoms with Crippen molar-refractivity contribution < 1.29 is 18.0 Å². The Morgan fingerprint density at radius 1 is 0.941 bits per heavy atom. The molecule has 0 aliphatic heterocycles. The number of nitrogens with zero attached hydrogens (tertiary/aromatic N) is 3. The minimum Gasteiger partial charge on any atom is -0.350 e. The molecule has 0 aliphatic rings. The Bertz CT molecular complexity index is 1050. The van der Waals surface area contributed by atoms with Gasteiger partial charge in [0.15, 0.2) is 0 Å². The zero-order chi connectivity index (χ0) is 25.5. The van der Waals surface area contributed by atoms with Crippen molar-refractivity contribution in [1.82, 2.24) is 14.5 Å². The van der Waals surface area contributed by atoms with Crippen LogP contribution in [0.4, 0.5) is 5.69 Å². The Morgan fingerprint density at radius 2 is 1.47 bits per heavy atom. The molecule has 0 radical (unpaired) electrons. The first-order valence-corrected chi connectivity index (χ1v) is 12.7. The molecule has 0 saturated heterocycles. The number of hydrogen-bond acceptors (Lipinski definition) is 4. The highest BCUT2D eigenvalue weighted by Gasteiger charge is 2.34. The van der Waals surface area contributed by atoms with Gasteiger partial charge in [0.25, 0.3) is 0 Å². The Morgan fingerprint density at radius 3 is 1.94 bits per heavy atom. The van der Waals surface area contributed by atoms with E-state index in [-0.39, 0.29) is 12.5 Å². The largest absolute Gasteiger partial charge is 0.350 e. The summed E-state index contributed by atoms with van der Waals surface area (Å²) in [5.41, 5.74) is 0.743. The topological polar surface area (TPSA) is 90.0 Å². The number of anilines is 1. The summed E-state index contributed by atoms with van der Waals surface area (Å²) in [7, 11) is -1.12. The third-order valence-electron chi connectivity index (χ3n) is 5.14. The van der Waals surface area contributed by atoms with Crippen LogP contribution in [0.2, 0.25) is 0 Å². The van der Waals surface area contributed by atoms with E-state index in [0.717, 1.165) is 14.2 Å². The maximum absolute atomic E-state index is 13.7. The minimum absolute atomic E-state index is 0.181. The molecule has 0 fully saturated rings. The molecule has 0 unspecified atom stereocenters. The smallest absolute Gasteiger partial charge is 0.304 e. The van der Waals surface area contributed by atoms with Gasteiger partial charge < -0.3 is 10.2 Å². The Labute approximate surface area is 203 Å². The molecule has 0 aliphatic carbocycles. The molecular weight excluding hydrogens is 452 g/mol. The molecule has 2 aromatic carbocycles. The number of benzene rings is 2. The van der Waals surface area contributed by atoms with Crippen LogP contribution in [0.15, 0.2) is 60.7 Å². The molecule has 0 aromatic heterocycles. The summed E-state index contributed by atoms with van der Waals surface area (Å²) in [5, 5.41) is 2.95. The van der Waals surface area contributed by atoms with Gasteiger partial charge in [-0.1, -0.05) is 55.5 Å². The number of rotatable bonds is 10. The van der Waals surface area contributed by atoms with E-state index >= 15 is 0 Å². The normalized spacial score (nSPS) is 12.8. The van der Waals surface area contributed by atoms with Gasteiger partial charge in [0.1, 0.15) is 12.6 Å². The van der Waals surface area contributed by atoms with Crippen LogP contribution in [0.5, 0.6) is 0 Å². The summed E-state index contributed by atoms with van der Waals surface area (Å²) in [6, 6.07) is 17.1. The lowest BCUT2D eigenvalue weighted by molar-refractivity contribution is -0.141. The Balaban J connectivity index is 2.47. The average molecular weight is 489 g/mol. The number of carbonyl (C=O) groups excluding carboxylic acids is 2. The fourth-order valence-electron chi connectivity index (χ4n) is 3.46. The van der Waals surface area contributed by atoms with Crippen LogP contribution >= 0.6 is 0 Å². The molecule has 8 nitrogen and oxygen atoms in total. The van der Waals surface area contributed by atoms with E-state index in [4.69, 9.17) is 0 Å². The van der Waals surface area contributed by atoms with Crippen molar-refractivity contribution in [3.8, 4) is 0 Å². The summed E-state index contributed by atoms with van der Waals surface area (Å²) >= 11 is 0. The van der Waals surface area contributed by atoms with Gasteiger partial charge in [0.05, 0.1) is 5.69 Å². The van der Waals surface area contributed by atoms with Crippen molar-refractivity contribution >= 4 is 27.7 Å². The van der Waals surface area contributed by atoms with E-state index < -0.39 is 34.2 Å². The maximum Gasteiger partial charge on any atom is 0.304 e. The summed E-state index contributed by atoms with van der Waals surface area (Å²) in [5.74, 6) is -0.741. The lowest BCUT2D eigenvalue weighted by atomic mass is 10.1. The molecule has 0 spiro atoms. The van der Waals surface area contributed by atoms with Gasteiger partial charge in [0.2, 0.25) is 11.8 Å². The predicted molar refractivity (Wildman–Crippen MR) is 135 cm³/mol. The summed E-state index contributed by atoms with van der Waals surface area (Å²) in [4.78, 5) is 28.3. The van der Waals surface area contributed by atoms with E-state index in [1.807, 2.05) is 58.0 Å². The van der Waals surface area contributed by atoms with Crippen LogP contribution in [-0.2, 0) is 26.3 Å². The predicted octanol–water partition coefficient (Wildman–Crippen LogP) is 3.02. The van der Waals surface area contributed by atoms with E-state index in [1.54, 1.807) is 30.3 Å². The van der Waals surface area contributed by atoms with Crippen molar-refractivity contribution in [3.63, 3.8) is 0 Å². The maximum atomic E-state index is 13.7. The lowest BCUT2D eigenvalue weighted by Crippen LogP contribution is -2.55. The molecule has 1 atom stereocenters. The third-order valence-corrected chi connectivity index (χ3v) is 6.96. The van der Waals surface area contributed by atoms with Crippen molar-refractivity contribution in [2.24, 2.45) is 0 Å². The van der Waals surface area contributed by atoms with Crippen molar-refractivity contribution in [2.45, 2.75) is 52.2 Å². The number of hydrogen-bond donors (Lipinski definition) is 1. The third kappa shape index (κ3) is 7.30. The highest BCUT2D eigenvalue weighted by atomic mass is 32.2. The quantitative estimate of drug-likeness (QED) is 0.557. The van der Waals surface area contributed by atoms with Crippen molar-refractivity contribution in [1.29, 1.82) is 0 Å². The van der Waals surface area contributed by atoms with Gasteiger partial charge in [-0.2, -0.15) is 12.7 Å². The fraction of sp³-hybridized carbons (Fsp3) is 0.440. The van der Waals surface area contributed by atoms with E-state index in [1.165, 1.54) is 19.0 Å². The van der Waals surface area contributed by atoms with Gasteiger partial charge >= 0.3 is 10.2 Å². The molecule has 0 saturated carbocycles. The first-order valence-electron chi connectivity index (χ1n) is 11.3. The number of carbonyl (C=O) groups is 2. The number of amides is 2.